The molecule has 0 aromatic carbocycles. The summed E-state index contributed by atoms with van der Waals surface area (Å²) in [6.07, 6.45) is 3.79. The van der Waals surface area contributed by atoms with Crippen LogP contribution in [0.4, 0.5) is 0 Å². The van der Waals surface area contributed by atoms with Crippen molar-refractivity contribution in [2.24, 2.45) is 0 Å². The lowest BCUT2D eigenvalue weighted by Crippen LogP contribution is -2.38. The third-order valence-corrected chi connectivity index (χ3v) is 3.06. The summed E-state index contributed by atoms with van der Waals surface area (Å²) in [6.45, 7) is 7.84. The molecular weight excluding hydrogens is 204 g/mol. The third-order valence-electron chi connectivity index (χ3n) is 3.06. The Labute approximate surface area is 98.3 Å². The van der Waals surface area contributed by atoms with Crippen molar-refractivity contribution in [3.63, 3.8) is 0 Å². The molecule has 0 saturated carbocycles. The van der Waals surface area contributed by atoms with Crippen LogP contribution in [0.3, 0.4) is 0 Å². The zero-order valence-electron chi connectivity index (χ0n) is 10.5. The molecule has 0 aromatic rings. The van der Waals surface area contributed by atoms with Crippen LogP contribution in [0, 0.1) is 0 Å². The van der Waals surface area contributed by atoms with E-state index in [2.05, 4.69) is 5.32 Å². The summed E-state index contributed by atoms with van der Waals surface area (Å²) in [5, 5.41) is 3.19. The molecule has 4 heteroatoms. The molecule has 1 rings (SSSR count). The topological polar surface area (TPSA) is 41.6 Å². The van der Waals surface area contributed by atoms with Crippen LogP contribution in [0.25, 0.3) is 0 Å². The van der Waals surface area contributed by atoms with Crippen LogP contribution < -0.4 is 5.32 Å². The predicted molar refractivity (Wildman–Crippen MR) is 64.4 cm³/mol. The fourth-order valence-corrected chi connectivity index (χ4v) is 2.02. The second-order valence-electron chi connectivity index (χ2n) is 4.17. The highest BCUT2D eigenvalue weighted by Gasteiger charge is 2.15. The molecule has 1 aliphatic heterocycles. The van der Waals surface area contributed by atoms with Crippen molar-refractivity contribution in [3.8, 4) is 0 Å². The number of carbonyl (C=O) groups is 1. The van der Waals surface area contributed by atoms with Gasteiger partial charge in [-0.3, -0.25) is 4.79 Å². The maximum absolute atomic E-state index is 11.6. The second kappa shape index (κ2) is 7.63. The zero-order chi connectivity index (χ0) is 11.8. The molecule has 16 heavy (non-hydrogen) atoms. The zero-order valence-corrected chi connectivity index (χ0v) is 10.5. The number of nitrogens with zero attached hydrogens (tertiary/aromatic N) is 1. The van der Waals surface area contributed by atoms with Gasteiger partial charge < -0.3 is 15.0 Å². The van der Waals surface area contributed by atoms with Gasteiger partial charge in [-0.05, 0) is 39.7 Å². The van der Waals surface area contributed by atoms with Gasteiger partial charge in [-0.15, -0.1) is 0 Å². The molecular formula is C12H24N2O2. The van der Waals surface area contributed by atoms with E-state index in [0.717, 1.165) is 32.7 Å². The SMILES string of the molecule is CCN(CC)C(=O)CNCCC1CCCO1. The molecule has 0 spiro atoms. The number of nitrogens with one attached hydrogen (secondary N) is 1. The van der Waals surface area contributed by atoms with Crippen molar-refractivity contribution in [2.45, 2.75) is 39.2 Å². The average Bonchev–Trinajstić information content (AvgIpc) is 2.79. The minimum atomic E-state index is 0.192. The van der Waals surface area contributed by atoms with Crippen molar-refractivity contribution >= 4 is 5.91 Å². The Morgan fingerprint density at radius 2 is 2.19 bits per heavy atom. The molecule has 1 saturated heterocycles. The highest BCUT2D eigenvalue weighted by molar-refractivity contribution is 5.78. The number of rotatable bonds is 7. The molecule has 1 heterocycles. The van der Waals surface area contributed by atoms with Gasteiger partial charge in [-0.25, -0.2) is 0 Å². The Balaban J connectivity index is 2.03. The Morgan fingerprint density at radius 3 is 2.75 bits per heavy atom. The van der Waals surface area contributed by atoms with Gasteiger partial charge in [0.25, 0.3) is 0 Å². The lowest BCUT2D eigenvalue weighted by molar-refractivity contribution is -0.129. The lowest BCUT2D eigenvalue weighted by Gasteiger charge is -2.19. The van der Waals surface area contributed by atoms with Gasteiger partial charge in [0.15, 0.2) is 0 Å². The number of hydrogen-bond donors (Lipinski definition) is 1. The number of ether oxygens (including phenoxy) is 1. The van der Waals surface area contributed by atoms with Crippen molar-refractivity contribution < 1.29 is 9.53 Å². The van der Waals surface area contributed by atoms with E-state index in [1.807, 2.05) is 18.7 Å². The van der Waals surface area contributed by atoms with Crippen molar-refractivity contribution in [3.05, 3.63) is 0 Å². The molecule has 0 aliphatic carbocycles. The highest BCUT2D eigenvalue weighted by atomic mass is 16.5. The first-order valence-corrected chi connectivity index (χ1v) is 6.38. The van der Waals surface area contributed by atoms with Crippen LogP contribution >= 0.6 is 0 Å². The summed E-state index contributed by atoms with van der Waals surface area (Å²) in [5.74, 6) is 0.192. The fraction of sp³-hybridized carbons (Fsp3) is 0.917. The molecule has 0 aromatic heterocycles. The number of hydrogen-bond acceptors (Lipinski definition) is 3. The Bertz CT molecular complexity index is 199. The number of amides is 1. The van der Waals surface area contributed by atoms with Gasteiger partial charge in [0, 0.05) is 19.7 Å². The summed E-state index contributed by atoms with van der Waals surface area (Å²) in [7, 11) is 0. The predicted octanol–water partition coefficient (Wildman–Crippen LogP) is 1.01. The highest BCUT2D eigenvalue weighted by Crippen LogP contribution is 2.14. The first-order valence-electron chi connectivity index (χ1n) is 6.38. The van der Waals surface area contributed by atoms with Crippen LogP contribution in [0.5, 0.6) is 0 Å². The van der Waals surface area contributed by atoms with Gasteiger partial charge in [0.2, 0.25) is 5.91 Å². The molecule has 1 aliphatic rings. The van der Waals surface area contributed by atoms with Crippen molar-refractivity contribution in [1.82, 2.24) is 10.2 Å². The normalized spacial score (nSPS) is 20.0. The summed E-state index contributed by atoms with van der Waals surface area (Å²) >= 11 is 0. The molecule has 0 radical (unpaired) electrons. The van der Waals surface area contributed by atoms with Gasteiger partial charge in [0.1, 0.15) is 0 Å². The van der Waals surface area contributed by atoms with Gasteiger partial charge in [0.05, 0.1) is 12.6 Å². The summed E-state index contributed by atoms with van der Waals surface area (Å²) in [6, 6.07) is 0. The first-order chi connectivity index (χ1) is 7.77. The molecule has 0 bridgehead atoms. The molecule has 1 N–H and O–H groups in total. The Hall–Kier alpha value is -0.610. The van der Waals surface area contributed by atoms with Gasteiger partial charge >= 0.3 is 0 Å². The summed E-state index contributed by atoms with van der Waals surface area (Å²) < 4.78 is 5.51. The van der Waals surface area contributed by atoms with Gasteiger partial charge in [-0.1, -0.05) is 0 Å². The summed E-state index contributed by atoms with van der Waals surface area (Å²) in [5.41, 5.74) is 0. The van der Waals surface area contributed by atoms with E-state index >= 15 is 0 Å². The third kappa shape index (κ3) is 4.49. The Morgan fingerprint density at radius 1 is 1.44 bits per heavy atom. The monoisotopic (exact) mass is 228 g/mol. The van der Waals surface area contributed by atoms with E-state index in [4.69, 9.17) is 4.74 Å². The van der Waals surface area contributed by atoms with Crippen molar-refractivity contribution in [1.29, 1.82) is 0 Å². The standard InChI is InChI=1S/C12H24N2O2/c1-3-14(4-2)12(15)10-13-8-7-11-6-5-9-16-11/h11,13H,3-10H2,1-2H3. The molecule has 1 atom stereocenters. The molecule has 1 amide bonds. The van der Waals surface area contributed by atoms with Gasteiger partial charge in [-0.2, -0.15) is 0 Å². The van der Waals surface area contributed by atoms with E-state index in [1.165, 1.54) is 12.8 Å². The van der Waals surface area contributed by atoms with E-state index in [-0.39, 0.29) is 5.91 Å². The summed E-state index contributed by atoms with van der Waals surface area (Å²) in [4.78, 5) is 13.5. The largest absolute Gasteiger partial charge is 0.378 e. The molecule has 4 nitrogen and oxygen atoms in total. The maximum Gasteiger partial charge on any atom is 0.236 e. The lowest BCUT2D eigenvalue weighted by atomic mass is 10.2. The minimum Gasteiger partial charge on any atom is -0.378 e. The Kier molecular flexibility index (Phi) is 6.42. The molecule has 94 valence electrons. The fourth-order valence-electron chi connectivity index (χ4n) is 2.02. The smallest absolute Gasteiger partial charge is 0.236 e. The van der Waals surface area contributed by atoms with Crippen LogP contribution in [0.2, 0.25) is 0 Å². The number of carbonyl (C=O) groups excluding carboxylic acids is 1. The van der Waals surface area contributed by atoms with E-state index in [0.29, 0.717) is 12.6 Å². The van der Waals surface area contributed by atoms with Crippen LogP contribution in [0.15, 0.2) is 0 Å². The average molecular weight is 228 g/mol. The minimum absolute atomic E-state index is 0.192. The van der Waals surface area contributed by atoms with Crippen LogP contribution in [0.1, 0.15) is 33.1 Å². The first kappa shape index (κ1) is 13.5. The second-order valence-corrected chi connectivity index (χ2v) is 4.17. The van der Waals surface area contributed by atoms with E-state index < -0.39 is 0 Å². The van der Waals surface area contributed by atoms with Crippen LogP contribution in [-0.2, 0) is 9.53 Å². The molecule has 1 unspecified atom stereocenters. The molecule has 1 fully saturated rings. The number of likely N-dealkylation sites (N-methyl/N-ethyl adjacent to an activating group) is 1. The quantitative estimate of drug-likeness (QED) is 0.661. The maximum atomic E-state index is 11.6. The van der Waals surface area contributed by atoms with Crippen LogP contribution in [-0.4, -0.2) is 49.7 Å². The van der Waals surface area contributed by atoms with Crippen molar-refractivity contribution in [2.75, 3.05) is 32.8 Å². The van der Waals surface area contributed by atoms with E-state index in [1.54, 1.807) is 0 Å². The van der Waals surface area contributed by atoms with E-state index in [9.17, 15) is 4.79 Å².